The van der Waals surface area contributed by atoms with E-state index in [0.29, 0.717) is 12.3 Å². The lowest BCUT2D eigenvalue weighted by atomic mass is 10.1. The van der Waals surface area contributed by atoms with E-state index in [1.807, 2.05) is 17.9 Å². The Hall–Kier alpha value is -1.51. The number of hydrogen-bond acceptors (Lipinski definition) is 2. The van der Waals surface area contributed by atoms with Crippen molar-refractivity contribution in [3.8, 4) is 5.75 Å². The fourth-order valence-electron chi connectivity index (χ4n) is 1.87. The van der Waals surface area contributed by atoms with Crippen LogP contribution in [0.1, 0.15) is 32.8 Å². The van der Waals surface area contributed by atoms with Gasteiger partial charge in [-0.05, 0) is 30.5 Å². The molecule has 0 aliphatic carbocycles. The third kappa shape index (κ3) is 4.40. The van der Waals surface area contributed by atoms with Gasteiger partial charge in [-0.1, -0.05) is 32.4 Å². The number of benzene rings is 1. The van der Waals surface area contributed by atoms with E-state index in [-0.39, 0.29) is 11.7 Å². The second-order valence-electron chi connectivity index (χ2n) is 4.79. The zero-order chi connectivity index (χ0) is 13.5. The van der Waals surface area contributed by atoms with Crippen molar-refractivity contribution in [1.29, 1.82) is 0 Å². The molecule has 0 saturated carbocycles. The number of hydrogen-bond donors (Lipinski definition) is 1. The number of nitrogens with zero attached hydrogens (tertiary/aromatic N) is 1. The van der Waals surface area contributed by atoms with Crippen molar-refractivity contribution in [2.75, 3.05) is 13.1 Å². The molecule has 1 amide bonds. The molecule has 100 valence electrons. The van der Waals surface area contributed by atoms with Gasteiger partial charge >= 0.3 is 0 Å². The highest BCUT2D eigenvalue weighted by molar-refractivity contribution is 5.78. The number of aromatic hydroxyl groups is 1. The molecule has 0 aromatic heterocycles. The van der Waals surface area contributed by atoms with E-state index in [4.69, 9.17) is 0 Å². The smallest absolute Gasteiger partial charge is 0.226 e. The van der Waals surface area contributed by atoms with Crippen LogP contribution in [0.25, 0.3) is 0 Å². The van der Waals surface area contributed by atoms with Crippen LogP contribution in [-0.4, -0.2) is 29.0 Å². The first kappa shape index (κ1) is 14.6. The SMILES string of the molecule is CCC(C)CN(CC)C(=O)Cc1cccc(O)c1. The Labute approximate surface area is 109 Å². The summed E-state index contributed by atoms with van der Waals surface area (Å²) in [5.74, 6) is 0.867. The van der Waals surface area contributed by atoms with Gasteiger partial charge in [-0.2, -0.15) is 0 Å². The molecule has 0 bridgehead atoms. The van der Waals surface area contributed by atoms with Crippen LogP contribution in [0.4, 0.5) is 0 Å². The molecule has 1 aromatic carbocycles. The fourth-order valence-corrected chi connectivity index (χ4v) is 1.87. The molecule has 0 spiro atoms. The topological polar surface area (TPSA) is 40.5 Å². The molecule has 1 aromatic rings. The van der Waals surface area contributed by atoms with Crippen molar-refractivity contribution in [1.82, 2.24) is 4.90 Å². The predicted octanol–water partition coefficient (Wildman–Crippen LogP) is 2.83. The first-order valence-electron chi connectivity index (χ1n) is 6.62. The number of likely N-dealkylation sites (N-methyl/N-ethyl adjacent to an activating group) is 1. The Morgan fingerprint density at radius 2 is 2.11 bits per heavy atom. The number of carbonyl (C=O) groups is 1. The average molecular weight is 249 g/mol. The summed E-state index contributed by atoms with van der Waals surface area (Å²) in [4.78, 5) is 14.0. The number of amides is 1. The van der Waals surface area contributed by atoms with Gasteiger partial charge in [0.1, 0.15) is 5.75 Å². The highest BCUT2D eigenvalue weighted by atomic mass is 16.3. The number of carbonyl (C=O) groups excluding carboxylic acids is 1. The van der Waals surface area contributed by atoms with E-state index in [2.05, 4.69) is 13.8 Å². The highest BCUT2D eigenvalue weighted by Crippen LogP contribution is 2.13. The van der Waals surface area contributed by atoms with Crippen LogP contribution in [0.2, 0.25) is 0 Å². The number of rotatable bonds is 6. The summed E-state index contributed by atoms with van der Waals surface area (Å²) in [7, 11) is 0. The molecule has 1 N–H and O–H groups in total. The van der Waals surface area contributed by atoms with Crippen molar-refractivity contribution in [3.63, 3.8) is 0 Å². The molecule has 3 nitrogen and oxygen atoms in total. The molecule has 1 atom stereocenters. The molecule has 1 rings (SSSR count). The first-order valence-corrected chi connectivity index (χ1v) is 6.62. The van der Waals surface area contributed by atoms with E-state index >= 15 is 0 Å². The lowest BCUT2D eigenvalue weighted by Crippen LogP contribution is -2.35. The minimum absolute atomic E-state index is 0.128. The van der Waals surface area contributed by atoms with Gasteiger partial charge in [0, 0.05) is 13.1 Å². The predicted molar refractivity (Wildman–Crippen MR) is 73.5 cm³/mol. The van der Waals surface area contributed by atoms with Crippen LogP contribution >= 0.6 is 0 Å². The molecule has 0 heterocycles. The Morgan fingerprint density at radius 1 is 1.39 bits per heavy atom. The van der Waals surface area contributed by atoms with Crippen LogP contribution in [0.15, 0.2) is 24.3 Å². The fraction of sp³-hybridized carbons (Fsp3) is 0.533. The van der Waals surface area contributed by atoms with Crippen molar-refractivity contribution >= 4 is 5.91 Å². The van der Waals surface area contributed by atoms with Gasteiger partial charge in [0.15, 0.2) is 0 Å². The molecule has 0 aliphatic heterocycles. The minimum Gasteiger partial charge on any atom is -0.508 e. The van der Waals surface area contributed by atoms with E-state index in [1.54, 1.807) is 18.2 Å². The maximum Gasteiger partial charge on any atom is 0.226 e. The quantitative estimate of drug-likeness (QED) is 0.842. The number of phenolic OH excluding ortho intramolecular Hbond substituents is 1. The molecular weight excluding hydrogens is 226 g/mol. The molecule has 3 heteroatoms. The zero-order valence-electron chi connectivity index (χ0n) is 11.5. The van der Waals surface area contributed by atoms with Crippen molar-refractivity contribution in [3.05, 3.63) is 29.8 Å². The summed E-state index contributed by atoms with van der Waals surface area (Å²) in [6.45, 7) is 7.85. The molecule has 1 unspecified atom stereocenters. The normalized spacial score (nSPS) is 12.2. The van der Waals surface area contributed by atoms with Crippen molar-refractivity contribution < 1.29 is 9.90 Å². The van der Waals surface area contributed by atoms with Gasteiger partial charge in [0.25, 0.3) is 0 Å². The highest BCUT2D eigenvalue weighted by Gasteiger charge is 2.14. The van der Waals surface area contributed by atoms with Gasteiger partial charge in [-0.15, -0.1) is 0 Å². The second-order valence-corrected chi connectivity index (χ2v) is 4.79. The molecule has 0 saturated heterocycles. The summed E-state index contributed by atoms with van der Waals surface area (Å²) >= 11 is 0. The standard InChI is InChI=1S/C15H23NO2/c1-4-12(3)11-16(5-2)15(18)10-13-7-6-8-14(17)9-13/h6-9,12,17H,4-5,10-11H2,1-3H3. The Kier molecular flexibility index (Phi) is 5.69. The van der Waals surface area contributed by atoms with E-state index in [9.17, 15) is 9.90 Å². The monoisotopic (exact) mass is 249 g/mol. The molecule has 0 aliphatic rings. The Balaban J connectivity index is 2.62. The first-order chi connectivity index (χ1) is 8.56. The van der Waals surface area contributed by atoms with Crippen molar-refractivity contribution in [2.45, 2.75) is 33.6 Å². The van der Waals surface area contributed by atoms with E-state index < -0.39 is 0 Å². The van der Waals surface area contributed by atoms with Crippen molar-refractivity contribution in [2.24, 2.45) is 5.92 Å². The summed E-state index contributed by atoms with van der Waals surface area (Å²) < 4.78 is 0. The lowest BCUT2D eigenvalue weighted by Gasteiger charge is -2.24. The van der Waals surface area contributed by atoms with Crippen LogP contribution in [-0.2, 0) is 11.2 Å². The van der Waals surface area contributed by atoms with Gasteiger partial charge in [0.05, 0.1) is 6.42 Å². The Bertz CT molecular complexity index is 390. The van der Waals surface area contributed by atoms with Crippen LogP contribution < -0.4 is 0 Å². The summed E-state index contributed by atoms with van der Waals surface area (Å²) in [5, 5.41) is 9.38. The van der Waals surface area contributed by atoms with Gasteiger partial charge in [0.2, 0.25) is 5.91 Å². The van der Waals surface area contributed by atoms with E-state index in [1.165, 1.54) is 0 Å². The van der Waals surface area contributed by atoms with E-state index in [0.717, 1.165) is 25.1 Å². The number of phenols is 1. The molecule has 0 fully saturated rings. The van der Waals surface area contributed by atoms with Gasteiger partial charge < -0.3 is 10.0 Å². The minimum atomic E-state index is 0.128. The molecular formula is C15H23NO2. The molecule has 0 radical (unpaired) electrons. The average Bonchev–Trinajstić information content (AvgIpc) is 2.35. The van der Waals surface area contributed by atoms with Gasteiger partial charge in [-0.3, -0.25) is 4.79 Å². The van der Waals surface area contributed by atoms with Crippen LogP contribution in [0.5, 0.6) is 5.75 Å². The summed E-state index contributed by atoms with van der Waals surface area (Å²) in [6, 6.07) is 6.90. The lowest BCUT2D eigenvalue weighted by molar-refractivity contribution is -0.130. The third-order valence-corrected chi connectivity index (χ3v) is 3.23. The Morgan fingerprint density at radius 3 is 2.67 bits per heavy atom. The summed E-state index contributed by atoms with van der Waals surface area (Å²) in [6.07, 6.45) is 1.44. The maximum atomic E-state index is 12.2. The second kappa shape index (κ2) is 7.04. The maximum absolute atomic E-state index is 12.2. The third-order valence-electron chi connectivity index (χ3n) is 3.23. The molecule has 18 heavy (non-hydrogen) atoms. The zero-order valence-corrected chi connectivity index (χ0v) is 11.5. The van der Waals surface area contributed by atoms with Crippen LogP contribution in [0, 0.1) is 5.92 Å². The van der Waals surface area contributed by atoms with Crippen LogP contribution in [0.3, 0.4) is 0 Å². The largest absolute Gasteiger partial charge is 0.508 e. The summed E-state index contributed by atoms with van der Waals surface area (Å²) in [5.41, 5.74) is 0.864. The van der Waals surface area contributed by atoms with Gasteiger partial charge in [-0.25, -0.2) is 0 Å².